The number of carbonyl (C=O) groups is 1. The van der Waals surface area contributed by atoms with Gasteiger partial charge in [-0.15, -0.1) is 0 Å². The molecule has 1 fully saturated rings. The number of aromatic hydroxyl groups is 1. The van der Waals surface area contributed by atoms with Crippen molar-refractivity contribution < 1.29 is 14.6 Å². The fourth-order valence-electron chi connectivity index (χ4n) is 5.04. The van der Waals surface area contributed by atoms with Crippen LogP contribution in [0.2, 0.25) is 0 Å². The van der Waals surface area contributed by atoms with E-state index in [1.54, 1.807) is 6.07 Å². The first-order valence-corrected chi connectivity index (χ1v) is 12.7. The number of phenolic OH excluding ortho intramolecular Hbond substituents is 1. The fraction of sp³-hybridized carbons (Fsp3) is 0.393. The second kappa shape index (κ2) is 10.6. The first-order valence-electron chi connectivity index (χ1n) is 12.7. The highest BCUT2D eigenvalue weighted by Crippen LogP contribution is 2.36. The highest BCUT2D eigenvalue weighted by molar-refractivity contribution is 5.95. The van der Waals surface area contributed by atoms with Crippen molar-refractivity contribution in [3.8, 4) is 11.8 Å². The lowest BCUT2D eigenvalue weighted by atomic mass is 10.0. The lowest BCUT2D eigenvalue weighted by molar-refractivity contribution is -0.126. The Kier molecular flexibility index (Phi) is 7.14. The predicted octanol–water partition coefficient (Wildman–Crippen LogP) is 2.67. The first kappa shape index (κ1) is 24.8. The summed E-state index contributed by atoms with van der Waals surface area (Å²) in [5, 5.41) is 12.5. The van der Waals surface area contributed by atoms with Crippen LogP contribution in [0.4, 0.5) is 11.5 Å². The van der Waals surface area contributed by atoms with Gasteiger partial charge in [0, 0.05) is 62.0 Å². The quantitative estimate of drug-likeness (QED) is 0.494. The second-order valence-corrected chi connectivity index (χ2v) is 9.78. The van der Waals surface area contributed by atoms with E-state index < -0.39 is 0 Å². The average molecular weight is 503 g/mol. The van der Waals surface area contributed by atoms with Gasteiger partial charge >= 0.3 is 6.01 Å². The molecular weight excluding hydrogens is 468 g/mol. The van der Waals surface area contributed by atoms with Gasteiger partial charge in [-0.1, -0.05) is 30.8 Å². The number of anilines is 2. The van der Waals surface area contributed by atoms with Crippen LogP contribution in [0.5, 0.6) is 11.8 Å². The molecule has 1 saturated heterocycles. The van der Waals surface area contributed by atoms with Crippen molar-refractivity contribution >= 4 is 28.2 Å². The SMILES string of the molecule is C=CC(=O)N1CCN(c2nc(OCCN(C)C)nc3c2CCN(c2cc(O)cc4ccccc24)C3)CC1. The van der Waals surface area contributed by atoms with Gasteiger partial charge < -0.3 is 29.4 Å². The molecule has 2 aromatic carbocycles. The van der Waals surface area contributed by atoms with Crippen LogP contribution in [0.3, 0.4) is 0 Å². The molecule has 1 aromatic heterocycles. The van der Waals surface area contributed by atoms with Gasteiger partial charge in [-0.3, -0.25) is 4.79 Å². The highest BCUT2D eigenvalue weighted by atomic mass is 16.5. The Balaban J connectivity index is 1.46. The summed E-state index contributed by atoms with van der Waals surface area (Å²) in [6.45, 7) is 8.89. The van der Waals surface area contributed by atoms with Gasteiger partial charge in [-0.25, -0.2) is 0 Å². The van der Waals surface area contributed by atoms with Crippen LogP contribution in [-0.2, 0) is 17.8 Å². The smallest absolute Gasteiger partial charge is 0.318 e. The largest absolute Gasteiger partial charge is 0.508 e. The monoisotopic (exact) mass is 502 g/mol. The number of likely N-dealkylation sites (N-methyl/N-ethyl adjacent to an activating group) is 1. The van der Waals surface area contributed by atoms with E-state index in [0.29, 0.717) is 45.3 Å². The van der Waals surface area contributed by atoms with Gasteiger partial charge in [0.15, 0.2) is 0 Å². The molecule has 0 atom stereocenters. The number of phenols is 1. The number of piperazine rings is 1. The Morgan fingerprint density at radius 1 is 1.11 bits per heavy atom. The number of carbonyl (C=O) groups excluding carboxylic acids is 1. The Labute approximate surface area is 217 Å². The molecule has 0 saturated carbocycles. The number of nitrogens with zero attached hydrogens (tertiary/aromatic N) is 6. The second-order valence-electron chi connectivity index (χ2n) is 9.78. The summed E-state index contributed by atoms with van der Waals surface area (Å²) in [5.41, 5.74) is 3.06. The lowest BCUT2D eigenvalue weighted by Gasteiger charge is -2.38. The summed E-state index contributed by atoms with van der Waals surface area (Å²) in [5.74, 6) is 1.12. The fourth-order valence-corrected chi connectivity index (χ4v) is 5.04. The van der Waals surface area contributed by atoms with Crippen molar-refractivity contribution in [3.05, 3.63) is 60.3 Å². The van der Waals surface area contributed by atoms with Crippen LogP contribution in [0.25, 0.3) is 10.8 Å². The molecule has 2 aliphatic heterocycles. The maximum atomic E-state index is 12.1. The van der Waals surface area contributed by atoms with Crippen molar-refractivity contribution in [2.45, 2.75) is 13.0 Å². The van der Waals surface area contributed by atoms with Crippen LogP contribution < -0.4 is 14.5 Å². The highest BCUT2D eigenvalue weighted by Gasteiger charge is 2.29. The molecule has 0 aliphatic carbocycles. The molecule has 5 rings (SSSR count). The molecule has 0 spiro atoms. The van der Waals surface area contributed by atoms with Crippen molar-refractivity contribution in [1.82, 2.24) is 19.8 Å². The maximum absolute atomic E-state index is 12.1. The number of aromatic nitrogens is 2. The van der Waals surface area contributed by atoms with E-state index in [4.69, 9.17) is 14.7 Å². The van der Waals surface area contributed by atoms with Gasteiger partial charge in [0.05, 0.1) is 12.2 Å². The van der Waals surface area contributed by atoms with Crippen LogP contribution >= 0.6 is 0 Å². The minimum atomic E-state index is -0.0361. The standard InChI is InChI=1S/C28H34N6O3/c1-4-26(36)32-11-13-33(14-12-32)27-23-9-10-34(19-24(23)29-28(30-27)37-16-15-31(2)3)25-18-21(35)17-20-7-5-6-8-22(20)25/h4-8,17-18,35H,1,9-16,19H2,2-3H3. The Bertz CT molecular complexity index is 1300. The van der Waals surface area contributed by atoms with Gasteiger partial charge in [0.1, 0.15) is 18.2 Å². The van der Waals surface area contributed by atoms with E-state index in [9.17, 15) is 9.90 Å². The molecule has 1 amide bonds. The van der Waals surface area contributed by atoms with E-state index in [1.807, 2.05) is 43.3 Å². The number of benzene rings is 2. The Morgan fingerprint density at radius 3 is 2.65 bits per heavy atom. The number of rotatable bonds is 7. The number of fused-ring (bicyclic) bond motifs is 2. The van der Waals surface area contributed by atoms with Crippen molar-refractivity contribution in [1.29, 1.82) is 0 Å². The summed E-state index contributed by atoms with van der Waals surface area (Å²) in [6, 6.07) is 12.1. The molecule has 9 nitrogen and oxygen atoms in total. The maximum Gasteiger partial charge on any atom is 0.318 e. The van der Waals surface area contributed by atoms with Gasteiger partial charge in [0.2, 0.25) is 5.91 Å². The predicted molar refractivity (Wildman–Crippen MR) is 145 cm³/mol. The number of amides is 1. The molecule has 0 radical (unpaired) electrons. The van der Waals surface area contributed by atoms with Crippen LogP contribution in [0.1, 0.15) is 11.3 Å². The average Bonchev–Trinajstić information content (AvgIpc) is 2.91. The van der Waals surface area contributed by atoms with E-state index in [0.717, 1.165) is 53.0 Å². The zero-order chi connectivity index (χ0) is 25.9. The van der Waals surface area contributed by atoms with Crippen LogP contribution in [0.15, 0.2) is 49.1 Å². The molecule has 194 valence electrons. The summed E-state index contributed by atoms with van der Waals surface area (Å²) < 4.78 is 5.99. The minimum absolute atomic E-state index is 0.0361. The number of ether oxygens (including phenoxy) is 1. The molecular formula is C28H34N6O3. The van der Waals surface area contributed by atoms with Crippen molar-refractivity contribution in [2.75, 3.05) is 69.8 Å². The van der Waals surface area contributed by atoms with Gasteiger partial charge in [-0.2, -0.15) is 9.97 Å². The van der Waals surface area contributed by atoms with Gasteiger partial charge in [-0.05, 0) is 38.0 Å². The molecule has 0 bridgehead atoms. The molecule has 2 aliphatic rings. The minimum Gasteiger partial charge on any atom is -0.508 e. The van der Waals surface area contributed by atoms with E-state index >= 15 is 0 Å². The normalized spacial score (nSPS) is 15.7. The van der Waals surface area contributed by atoms with Crippen LogP contribution in [0, 0.1) is 0 Å². The number of hydrogen-bond acceptors (Lipinski definition) is 8. The molecule has 9 heteroatoms. The molecule has 1 N–H and O–H groups in total. The zero-order valence-electron chi connectivity index (χ0n) is 21.6. The number of hydrogen-bond donors (Lipinski definition) is 1. The lowest BCUT2D eigenvalue weighted by Crippen LogP contribution is -2.49. The summed E-state index contributed by atoms with van der Waals surface area (Å²) in [7, 11) is 4.01. The Morgan fingerprint density at radius 2 is 1.89 bits per heavy atom. The van der Waals surface area contributed by atoms with Gasteiger partial charge in [0.25, 0.3) is 0 Å². The molecule has 37 heavy (non-hydrogen) atoms. The van der Waals surface area contributed by atoms with Crippen LogP contribution in [-0.4, -0.2) is 90.8 Å². The molecule has 3 aromatic rings. The summed E-state index contributed by atoms with van der Waals surface area (Å²) in [4.78, 5) is 30.2. The first-order chi connectivity index (χ1) is 17.9. The zero-order valence-corrected chi connectivity index (χ0v) is 21.6. The Hall–Kier alpha value is -3.85. The van der Waals surface area contributed by atoms with E-state index in [1.165, 1.54) is 6.08 Å². The summed E-state index contributed by atoms with van der Waals surface area (Å²) >= 11 is 0. The third-order valence-electron chi connectivity index (χ3n) is 7.02. The van der Waals surface area contributed by atoms with E-state index in [-0.39, 0.29) is 11.7 Å². The summed E-state index contributed by atoms with van der Waals surface area (Å²) in [6.07, 6.45) is 2.15. The van der Waals surface area contributed by atoms with Crippen molar-refractivity contribution in [2.24, 2.45) is 0 Å². The molecule has 0 unspecified atom stereocenters. The molecule has 3 heterocycles. The topological polar surface area (TPSA) is 85.3 Å². The van der Waals surface area contributed by atoms with E-state index in [2.05, 4.69) is 27.3 Å². The third kappa shape index (κ3) is 5.32. The third-order valence-corrected chi connectivity index (χ3v) is 7.02. The van der Waals surface area contributed by atoms with Crippen molar-refractivity contribution in [3.63, 3.8) is 0 Å².